The lowest BCUT2D eigenvalue weighted by atomic mass is 10.0. The molecule has 1 aliphatic carbocycles. The molecule has 0 radical (unpaired) electrons. The summed E-state index contributed by atoms with van der Waals surface area (Å²) in [6, 6.07) is 12.2. The topological polar surface area (TPSA) is 107 Å². The Balaban J connectivity index is 1.31. The van der Waals surface area contributed by atoms with Crippen LogP contribution in [0.4, 0.5) is 10.3 Å². The molecule has 0 spiro atoms. The number of aromatic amines is 1. The van der Waals surface area contributed by atoms with Gasteiger partial charge in [-0.1, -0.05) is 18.2 Å². The van der Waals surface area contributed by atoms with Gasteiger partial charge in [0.2, 0.25) is 5.95 Å². The van der Waals surface area contributed by atoms with Crippen LogP contribution < -0.4 is 20.3 Å². The van der Waals surface area contributed by atoms with Gasteiger partial charge in [0.05, 0.1) is 18.1 Å². The number of rotatable bonds is 9. The predicted octanol–water partition coefficient (Wildman–Crippen LogP) is 5.38. The fourth-order valence-electron chi connectivity index (χ4n) is 4.67. The number of aryl methyl sites for hydroxylation is 1. The van der Waals surface area contributed by atoms with E-state index in [2.05, 4.69) is 25.5 Å². The van der Waals surface area contributed by atoms with Gasteiger partial charge in [-0.3, -0.25) is 14.5 Å². The van der Waals surface area contributed by atoms with Crippen molar-refractivity contribution in [3.8, 4) is 28.4 Å². The Bertz CT molecular complexity index is 1760. The van der Waals surface area contributed by atoms with Gasteiger partial charge >= 0.3 is 0 Å². The zero-order valence-corrected chi connectivity index (χ0v) is 22.5. The van der Waals surface area contributed by atoms with Crippen molar-refractivity contribution in [1.82, 2.24) is 24.7 Å². The smallest absolute Gasteiger partial charge is 0.262 e. The molecule has 0 aliphatic heterocycles. The van der Waals surface area contributed by atoms with E-state index >= 15 is 4.39 Å². The molecule has 1 saturated carbocycles. The molecule has 0 bridgehead atoms. The number of benzene rings is 2. The summed E-state index contributed by atoms with van der Waals surface area (Å²) in [5.74, 6) is 1.81. The first-order chi connectivity index (χ1) is 19.4. The number of halogens is 1. The van der Waals surface area contributed by atoms with Crippen molar-refractivity contribution in [3.05, 3.63) is 87.9 Å². The Morgan fingerprint density at radius 3 is 2.65 bits per heavy atom. The van der Waals surface area contributed by atoms with Gasteiger partial charge in [-0.2, -0.15) is 5.10 Å². The quantitative estimate of drug-likeness (QED) is 0.259. The molecule has 1 fully saturated rings. The summed E-state index contributed by atoms with van der Waals surface area (Å²) in [5, 5.41) is 11.1. The van der Waals surface area contributed by atoms with E-state index in [9.17, 15) is 4.79 Å². The van der Waals surface area contributed by atoms with Crippen LogP contribution in [0.5, 0.6) is 17.2 Å². The molecule has 204 valence electrons. The number of pyridine rings is 1. The highest BCUT2D eigenvalue weighted by Gasteiger charge is 2.22. The van der Waals surface area contributed by atoms with Gasteiger partial charge in [0.1, 0.15) is 11.5 Å². The second-order valence-electron chi connectivity index (χ2n) is 10.1. The van der Waals surface area contributed by atoms with Crippen molar-refractivity contribution in [2.75, 3.05) is 19.0 Å². The summed E-state index contributed by atoms with van der Waals surface area (Å²) in [6.45, 7) is 2.66. The fourth-order valence-corrected chi connectivity index (χ4v) is 4.67. The van der Waals surface area contributed by atoms with Crippen LogP contribution in [-0.2, 0) is 13.5 Å². The Kier molecular flexibility index (Phi) is 6.67. The fraction of sp³-hybridized carbons (Fsp3) is 0.267. The van der Waals surface area contributed by atoms with Crippen LogP contribution in [0.25, 0.3) is 22.2 Å². The maximum atomic E-state index is 15.5. The number of nitrogens with one attached hydrogen (secondary N) is 2. The summed E-state index contributed by atoms with van der Waals surface area (Å²) in [6.07, 6.45) is 6.08. The molecular formula is C30H29FN6O3. The highest BCUT2D eigenvalue weighted by atomic mass is 19.1. The van der Waals surface area contributed by atoms with Crippen molar-refractivity contribution in [1.29, 1.82) is 0 Å². The molecule has 2 aromatic carbocycles. The number of hydrogen-bond donors (Lipinski definition) is 2. The van der Waals surface area contributed by atoms with Gasteiger partial charge in [0.15, 0.2) is 17.2 Å². The van der Waals surface area contributed by atoms with Crippen molar-refractivity contribution >= 4 is 17.0 Å². The van der Waals surface area contributed by atoms with Crippen molar-refractivity contribution in [2.24, 2.45) is 13.0 Å². The summed E-state index contributed by atoms with van der Waals surface area (Å²) in [5.41, 5.74) is 3.50. The molecule has 5 aromatic rings. The maximum Gasteiger partial charge on any atom is 0.262 e. The van der Waals surface area contributed by atoms with Gasteiger partial charge in [-0.05, 0) is 61.1 Å². The Morgan fingerprint density at radius 1 is 1.12 bits per heavy atom. The van der Waals surface area contributed by atoms with E-state index in [1.807, 2.05) is 31.2 Å². The third-order valence-corrected chi connectivity index (χ3v) is 7.21. The maximum absolute atomic E-state index is 15.5. The molecule has 2 N–H and O–H groups in total. The summed E-state index contributed by atoms with van der Waals surface area (Å²) in [7, 11) is 3.28. The molecule has 40 heavy (non-hydrogen) atoms. The van der Waals surface area contributed by atoms with E-state index in [1.165, 1.54) is 35.7 Å². The van der Waals surface area contributed by atoms with E-state index in [4.69, 9.17) is 9.47 Å². The lowest BCUT2D eigenvalue weighted by Gasteiger charge is -2.14. The van der Waals surface area contributed by atoms with Gasteiger partial charge in [-0.25, -0.2) is 14.4 Å². The van der Waals surface area contributed by atoms with Crippen LogP contribution in [-0.4, -0.2) is 38.4 Å². The van der Waals surface area contributed by atoms with E-state index in [1.54, 1.807) is 26.4 Å². The molecule has 10 heteroatoms. The van der Waals surface area contributed by atoms with E-state index < -0.39 is 5.82 Å². The average Bonchev–Trinajstić information content (AvgIpc) is 3.72. The van der Waals surface area contributed by atoms with Crippen LogP contribution in [0.1, 0.15) is 29.7 Å². The number of hydrogen-bond acceptors (Lipinski definition) is 7. The first-order valence-electron chi connectivity index (χ1n) is 13.1. The predicted molar refractivity (Wildman–Crippen MR) is 151 cm³/mol. The number of H-pyrrole nitrogens is 1. The first-order valence-corrected chi connectivity index (χ1v) is 13.1. The molecule has 0 unspecified atom stereocenters. The largest absolute Gasteiger partial charge is 0.497 e. The lowest BCUT2D eigenvalue weighted by molar-refractivity contribution is 0.414. The number of methoxy groups -OCH3 is 1. The molecule has 0 amide bonds. The van der Waals surface area contributed by atoms with E-state index in [-0.39, 0.29) is 11.3 Å². The zero-order valence-electron chi connectivity index (χ0n) is 22.5. The SMILES string of the molecule is COc1ccc(Cc2cnc3n[nH]c(C)c3c2Oc2ccc(-c3cnc(NCC4CC4)n(C)c3=O)cc2F)cc1. The Labute approximate surface area is 230 Å². The minimum Gasteiger partial charge on any atom is -0.497 e. The van der Waals surface area contributed by atoms with Crippen molar-refractivity contribution in [3.63, 3.8) is 0 Å². The molecule has 3 aromatic heterocycles. The molecule has 1 aliphatic rings. The first kappa shape index (κ1) is 25.5. The summed E-state index contributed by atoms with van der Waals surface area (Å²) in [4.78, 5) is 21.9. The number of aromatic nitrogens is 5. The third kappa shape index (κ3) is 5.00. The third-order valence-electron chi connectivity index (χ3n) is 7.21. The molecule has 6 rings (SSSR count). The zero-order chi connectivity index (χ0) is 27.8. The van der Waals surface area contributed by atoms with Crippen molar-refractivity contribution in [2.45, 2.75) is 26.2 Å². The van der Waals surface area contributed by atoms with Crippen LogP contribution in [0.15, 0.2) is 59.7 Å². The van der Waals surface area contributed by atoms with Crippen LogP contribution in [0, 0.1) is 18.7 Å². The Hall–Kier alpha value is -4.73. The standard InChI is InChI=1S/C30H29FN6O3/c1-17-26-27(21(15-32-28(26)36-35-17)12-18-6-9-22(39-3)10-7-18)40-25-11-8-20(13-24(25)31)23-16-34-30(37(2)29(23)38)33-14-19-4-5-19/h6-11,13,15-16,19H,4-5,12,14H2,1-3H3,(H,33,34)(H,32,35,36). The van der Waals surface area contributed by atoms with Crippen molar-refractivity contribution < 1.29 is 13.9 Å². The summed E-state index contributed by atoms with van der Waals surface area (Å²) >= 11 is 0. The van der Waals surface area contributed by atoms with Crippen LogP contribution >= 0.6 is 0 Å². The lowest BCUT2D eigenvalue weighted by Crippen LogP contribution is -2.24. The normalized spacial score (nSPS) is 13.0. The molecule has 0 atom stereocenters. The monoisotopic (exact) mass is 540 g/mol. The van der Waals surface area contributed by atoms with Gasteiger partial charge in [-0.15, -0.1) is 0 Å². The second-order valence-corrected chi connectivity index (χ2v) is 10.1. The highest BCUT2D eigenvalue weighted by molar-refractivity contribution is 5.86. The highest BCUT2D eigenvalue weighted by Crippen LogP contribution is 2.37. The molecular weight excluding hydrogens is 511 g/mol. The molecule has 9 nitrogen and oxygen atoms in total. The number of nitrogens with zero attached hydrogens (tertiary/aromatic N) is 4. The van der Waals surface area contributed by atoms with Crippen LogP contribution in [0.3, 0.4) is 0 Å². The minimum absolute atomic E-state index is 0.0281. The Morgan fingerprint density at radius 2 is 1.93 bits per heavy atom. The van der Waals surface area contributed by atoms with E-state index in [0.717, 1.165) is 29.1 Å². The van der Waals surface area contributed by atoms with Crippen LogP contribution in [0.2, 0.25) is 0 Å². The minimum atomic E-state index is -0.600. The average molecular weight is 541 g/mol. The molecule has 0 saturated heterocycles. The molecule has 3 heterocycles. The number of fused-ring (bicyclic) bond motifs is 1. The second kappa shape index (κ2) is 10.4. The summed E-state index contributed by atoms with van der Waals surface area (Å²) < 4.78 is 28.4. The number of anilines is 1. The number of ether oxygens (including phenoxy) is 2. The van der Waals surface area contributed by atoms with Gasteiger partial charge in [0, 0.05) is 43.7 Å². The van der Waals surface area contributed by atoms with Gasteiger partial charge in [0.25, 0.3) is 5.56 Å². The van der Waals surface area contributed by atoms with E-state index in [0.29, 0.717) is 46.2 Å². The van der Waals surface area contributed by atoms with Gasteiger partial charge < -0.3 is 14.8 Å².